The molecule has 1 saturated heterocycles. The number of piperidine rings is 1. The number of pyridine rings is 1. The molecule has 0 atom stereocenters. The Hall–Kier alpha value is -2.28. The van der Waals surface area contributed by atoms with E-state index in [0.717, 1.165) is 18.3 Å². The van der Waals surface area contributed by atoms with Gasteiger partial charge in [0.15, 0.2) is 10.4 Å². The van der Waals surface area contributed by atoms with Crippen LogP contribution < -0.4 is 0 Å². The topological polar surface area (TPSA) is 61.9 Å². The van der Waals surface area contributed by atoms with Crippen LogP contribution in [0.5, 0.6) is 0 Å². The van der Waals surface area contributed by atoms with E-state index in [1.54, 1.807) is 0 Å². The molecule has 1 amide bonds. The molecule has 1 N–H and O–H groups in total. The molecule has 0 saturated carbocycles. The number of rotatable bonds is 3. The third-order valence-corrected chi connectivity index (χ3v) is 6.76. The van der Waals surface area contributed by atoms with Crippen LogP contribution in [0, 0.1) is 5.82 Å². The van der Waals surface area contributed by atoms with Gasteiger partial charge in [-0.25, -0.2) is 14.4 Å². The summed E-state index contributed by atoms with van der Waals surface area (Å²) in [7, 11) is -9.79. The molecule has 2 aromatic heterocycles. The Balaban J connectivity index is 1.50. The van der Waals surface area contributed by atoms with Crippen molar-refractivity contribution in [2.75, 3.05) is 13.1 Å². The predicted octanol–water partition coefficient (Wildman–Crippen LogP) is 6.54. The van der Waals surface area contributed by atoms with Crippen LogP contribution in [0.3, 0.4) is 0 Å². The van der Waals surface area contributed by atoms with E-state index in [1.807, 2.05) is 0 Å². The van der Waals surface area contributed by atoms with Crippen molar-refractivity contribution in [1.82, 2.24) is 19.9 Å². The molecular weight excluding hydrogens is 514 g/mol. The molecule has 1 aromatic carbocycles. The van der Waals surface area contributed by atoms with Crippen LogP contribution in [-0.2, 0) is 0 Å². The third-order valence-electron chi connectivity index (χ3n) is 5.22. The minimum atomic E-state index is -9.79. The molecule has 168 valence electrons. The zero-order chi connectivity index (χ0) is 22.7. The number of aromatic amines is 1. The second-order valence-electron chi connectivity index (χ2n) is 7.31. The normalized spacial score (nSPS) is 18.1. The lowest BCUT2D eigenvalue weighted by atomic mass is 9.88. The highest BCUT2D eigenvalue weighted by molar-refractivity contribution is 9.10. The molecule has 3 heterocycles. The number of hydrogen-bond donors (Lipinski definition) is 1. The number of aromatic nitrogens is 3. The number of likely N-dealkylation sites (tertiary alicyclic amines) is 1. The van der Waals surface area contributed by atoms with E-state index in [9.17, 15) is 28.6 Å². The first-order chi connectivity index (χ1) is 14.2. The molecule has 4 rings (SSSR count). The average Bonchev–Trinajstić information content (AvgIpc) is 3.06. The van der Waals surface area contributed by atoms with Crippen molar-refractivity contribution in [2.45, 2.75) is 23.7 Å². The quantitative estimate of drug-likeness (QED) is 0.393. The molecule has 0 unspecified atom stereocenters. The highest BCUT2D eigenvalue weighted by atomic mass is 79.9. The molecule has 0 spiro atoms. The number of carbonyl (C=O) groups excluding carboxylic acids is 1. The number of imidazole rings is 1. The maximum absolute atomic E-state index is 14.5. The van der Waals surface area contributed by atoms with Crippen molar-refractivity contribution in [3.8, 4) is 0 Å². The van der Waals surface area contributed by atoms with Crippen molar-refractivity contribution in [1.29, 1.82) is 0 Å². The second-order valence-corrected chi connectivity index (χ2v) is 10.5. The molecule has 1 fully saturated rings. The van der Waals surface area contributed by atoms with Gasteiger partial charge in [-0.15, -0.1) is 0 Å². The number of carbonyl (C=O) groups is 1. The fourth-order valence-corrected chi connectivity index (χ4v) is 4.75. The molecule has 3 aromatic rings. The van der Waals surface area contributed by atoms with E-state index in [1.165, 1.54) is 4.90 Å². The number of nitrogens with one attached hydrogen (secondary N) is 1. The Morgan fingerprint density at radius 2 is 1.71 bits per heavy atom. The molecule has 0 radical (unpaired) electrons. The van der Waals surface area contributed by atoms with Crippen molar-refractivity contribution in [3.05, 3.63) is 52.1 Å². The number of halogens is 7. The standard InChI is InChI=1S/C18H15BrF6N4OS/c19-18-27-15-14(13(20)9-26-16(15)28-18)10-5-7-29(8-6-10)17(30)11-1-3-12(4-2-11)31(21,22,23,24)25/h1-4,9-10H,5-8H2,(H,26,27,28). The first-order valence-electron chi connectivity index (χ1n) is 9.06. The summed E-state index contributed by atoms with van der Waals surface area (Å²) in [6, 6.07) is 1.94. The average molecular weight is 529 g/mol. The summed E-state index contributed by atoms with van der Waals surface area (Å²) in [6.07, 6.45) is 1.90. The van der Waals surface area contributed by atoms with Crippen LogP contribution in [0.1, 0.15) is 34.7 Å². The van der Waals surface area contributed by atoms with Gasteiger partial charge < -0.3 is 9.88 Å². The van der Waals surface area contributed by atoms with Gasteiger partial charge in [-0.2, -0.15) is 0 Å². The summed E-state index contributed by atoms with van der Waals surface area (Å²) >= 11 is 3.19. The maximum Gasteiger partial charge on any atom is 0.310 e. The van der Waals surface area contributed by atoms with Gasteiger partial charge in [0.1, 0.15) is 10.7 Å². The molecule has 5 nitrogen and oxygen atoms in total. The monoisotopic (exact) mass is 528 g/mol. The number of benzene rings is 1. The van der Waals surface area contributed by atoms with Gasteiger partial charge in [0.2, 0.25) is 0 Å². The van der Waals surface area contributed by atoms with E-state index in [2.05, 4.69) is 30.9 Å². The Kier molecular flexibility index (Phi) is 4.68. The Morgan fingerprint density at radius 1 is 1.10 bits per heavy atom. The van der Waals surface area contributed by atoms with E-state index < -0.39 is 26.8 Å². The minimum Gasteiger partial charge on any atom is -0.339 e. The lowest BCUT2D eigenvalue weighted by Crippen LogP contribution is -2.38. The third kappa shape index (κ3) is 4.38. The molecule has 0 bridgehead atoms. The number of hydrogen-bond acceptors (Lipinski definition) is 3. The fraction of sp³-hybridized carbons (Fsp3) is 0.278. The van der Waals surface area contributed by atoms with Crippen molar-refractivity contribution < 1.29 is 28.6 Å². The summed E-state index contributed by atoms with van der Waals surface area (Å²) in [6.45, 7) is 0.455. The summed E-state index contributed by atoms with van der Waals surface area (Å²) in [5.74, 6) is -1.30. The van der Waals surface area contributed by atoms with Gasteiger partial charge in [-0.05, 0) is 59.0 Å². The van der Waals surface area contributed by atoms with Crippen LogP contribution in [0.2, 0.25) is 0 Å². The first kappa shape index (κ1) is 21.9. The van der Waals surface area contributed by atoms with Crippen LogP contribution in [0.25, 0.3) is 11.2 Å². The second kappa shape index (κ2) is 6.61. The van der Waals surface area contributed by atoms with Gasteiger partial charge in [0.05, 0.1) is 11.7 Å². The van der Waals surface area contributed by atoms with E-state index in [-0.39, 0.29) is 36.7 Å². The highest BCUT2D eigenvalue weighted by Crippen LogP contribution is 3.02. The molecule has 1 aliphatic rings. The smallest absolute Gasteiger partial charge is 0.310 e. The SMILES string of the molecule is O=C(c1ccc(S(F)(F)(F)(F)F)cc1)N1CCC(c2c(F)cnc3nc(Br)[nH]c23)CC1. The molecule has 0 aliphatic carbocycles. The van der Waals surface area contributed by atoms with Crippen LogP contribution in [0.15, 0.2) is 40.1 Å². The summed E-state index contributed by atoms with van der Waals surface area (Å²) in [5.41, 5.74) is 1.10. The van der Waals surface area contributed by atoms with Crippen molar-refractivity contribution >= 4 is 43.2 Å². The summed E-state index contributed by atoms with van der Waals surface area (Å²) in [4.78, 5) is 22.9. The first-order valence-corrected chi connectivity index (χ1v) is 11.8. The largest absolute Gasteiger partial charge is 0.339 e. The van der Waals surface area contributed by atoms with Gasteiger partial charge in [0.25, 0.3) is 5.91 Å². The number of nitrogens with zero attached hydrogens (tertiary/aromatic N) is 3. The highest BCUT2D eigenvalue weighted by Gasteiger charge is 2.65. The van der Waals surface area contributed by atoms with E-state index in [4.69, 9.17) is 0 Å². The Morgan fingerprint density at radius 3 is 2.29 bits per heavy atom. The summed E-state index contributed by atoms with van der Waals surface area (Å²) in [5, 5.41) is 0. The molecule has 13 heteroatoms. The lowest BCUT2D eigenvalue weighted by Gasteiger charge is -2.40. The minimum absolute atomic E-state index is 0.126. The molecule has 31 heavy (non-hydrogen) atoms. The van der Waals surface area contributed by atoms with E-state index in [0.29, 0.717) is 34.3 Å². The van der Waals surface area contributed by atoms with E-state index >= 15 is 0 Å². The Labute approximate surface area is 180 Å². The fourth-order valence-electron chi connectivity index (χ4n) is 3.73. The molecular formula is C18H15BrF6N4OS. The van der Waals surface area contributed by atoms with Crippen molar-refractivity contribution in [2.24, 2.45) is 0 Å². The number of amides is 1. The van der Waals surface area contributed by atoms with Gasteiger partial charge in [0, 0.05) is 24.2 Å². The maximum atomic E-state index is 14.5. The number of H-pyrrole nitrogens is 1. The Bertz CT molecular complexity index is 1170. The number of fused-ring (bicyclic) bond motifs is 1. The van der Waals surface area contributed by atoms with Crippen LogP contribution in [0.4, 0.5) is 23.8 Å². The van der Waals surface area contributed by atoms with Crippen LogP contribution >= 0.6 is 26.2 Å². The zero-order valence-electron chi connectivity index (χ0n) is 15.6. The van der Waals surface area contributed by atoms with Gasteiger partial charge >= 0.3 is 10.2 Å². The van der Waals surface area contributed by atoms with Gasteiger partial charge in [-0.1, -0.05) is 19.4 Å². The predicted molar refractivity (Wildman–Crippen MR) is 107 cm³/mol. The zero-order valence-corrected chi connectivity index (χ0v) is 18.0. The summed E-state index contributed by atoms with van der Waals surface area (Å²) < 4.78 is 79.1. The molecule has 1 aliphatic heterocycles. The van der Waals surface area contributed by atoms with Gasteiger partial charge in [-0.3, -0.25) is 4.79 Å². The van der Waals surface area contributed by atoms with Crippen molar-refractivity contribution in [3.63, 3.8) is 0 Å². The van der Waals surface area contributed by atoms with Crippen LogP contribution in [-0.4, -0.2) is 38.8 Å². The lowest BCUT2D eigenvalue weighted by molar-refractivity contribution is 0.0712.